The number of carbonyl (C=O) groups is 1. The summed E-state index contributed by atoms with van der Waals surface area (Å²) >= 11 is 2.14. The van der Waals surface area contributed by atoms with Gasteiger partial charge in [-0.1, -0.05) is 12.1 Å². The molecule has 0 amide bonds. The predicted octanol–water partition coefficient (Wildman–Crippen LogP) is 3.45. The third-order valence-electron chi connectivity index (χ3n) is 3.37. The second-order valence-corrected chi connectivity index (χ2v) is 6.39. The maximum absolute atomic E-state index is 12.0. The summed E-state index contributed by atoms with van der Waals surface area (Å²) in [5.74, 6) is -0.966. The summed E-state index contributed by atoms with van der Waals surface area (Å²) in [6, 6.07) is 10.2. The van der Waals surface area contributed by atoms with E-state index in [0.717, 1.165) is 21.8 Å². The van der Waals surface area contributed by atoms with Crippen LogP contribution in [-0.2, 0) is 9.53 Å². The molecule has 1 aliphatic heterocycles. The molecular formula is C16H8IN3O6. The Labute approximate surface area is 159 Å². The first-order valence-corrected chi connectivity index (χ1v) is 8.14. The Morgan fingerprint density at radius 2 is 1.58 bits per heavy atom. The molecule has 26 heavy (non-hydrogen) atoms. The van der Waals surface area contributed by atoms with Crippen molar-refractivity contribution in [2.24, 2.45) is 4.99 Å². The first kappa shape index (κ1) is 17.7. The van der Waals surface area contributed by atoms with Gasteiger partial charge in [0, 0.05) is 15.7 Å². The van der Waals surface area contributed by atoms with E-state index in [0.29, 0.717) is 5.56 Å². The minimum Gasteiger partial charge on any atom is -0.402 e. The number of carbonyl (C=O) groups excluding carboxylic acids is 1. The van der Waals surface area contributed by atoms with Gasteiger partial charge < -0.3 is 4.74 Å². The Morgan fingerprint density at radius 1 is 1.00 bits per heavy atom. The molecule has 2 aromatic carbocycles. The molecule has 0 bridgehead atoms. The number of nitrogens with zero attached hydrogens (tertiary/aromatic N) is 3. The molecule has 0 atom stereocenters. The van der Waals surface area contributed by atoms with Crippen molar-refractivity contribution in [3.8, 4) is 0 Å². The van der Waals surface area contributed by atoms with E-state index in [1.165, 1.54) is 6.08 Å². The van der Waals surface area contributed by atoms with Gasteiger partial charge in [-0.25, -0.2) is 9.79 Å². The number of non-ortho nitro benzene ring substituents is 2. The average Bonchev–Trinajstić information content (AvgIpc) is 2.97. The normalized spacial score (nSPS) is 14.9. The second-order valence-electron chi connectivity index (χ2n) is 5.14. The Kier molecular flexibility index (Phi) is 4.75. The number of nitro groups is 2. The molecule has 0 aromatic heterocycles. The fraction of sp³-hybridized carbons (Fsp3) is 0. The maximum atomic E-state index is 12.0. The molecule has 0 radical (unpaired) electrons. The van der Waals surface area contributed by atoms with E-state index in [1.807, 2.05) is 12.1 Å². The van der Waals surface area contributed by atoms with Crippen LogP contribution in [0.25, 0.3) is 6.08 Å². The largest absolute Gasteiger partial charge is 0.402 e. The van der Waals surface area contributed by atoms with Crippen LogP contribution in [0.15, 0.2) is 53.2 Å². The lowest BCUT2D eigenvalue weighted by atomic mass is 10.1. The number of halogens is 1. The molecule has 0 saturated carbocycles. The Hall–Kier alpha value is -3.15. The maximum Gasteiger partial charge on any atom is 0.363 e. The number of hydrogen-bond donors (Lipinski definition) is 0. The molecule has 0 unspecified atom stereocenters. The van der Waals surface area contributed by atoms with Crippen molar-refractivity contribution in [2.75, 3.05) is 0 Å². The summed E-state index contributed by atoms with van der Waals surface area (Å²) in [5, 5.41) is 21.9. The highest BCUT2D eigenvalue weighted by Crippen LogP contribution is 2.26. The van der Waals surface area contributed by atoms with E-state index in [9.17, 15) is 25.0 Å². The van der Waals surface area contributed by atoms with Crippen LogP contribution in [0.4, 0.5) is 11.4 Å². The zero-order valence-corrected chi connectivity index (χ0v) is 14.9. The van der Waals surface area contributed by atoms with Crippen molar-refractivity contribution in [1.82, 2.24) is 0 Å². The van der Waals surface area contributed by atoms with Crippen LogP contribution >= 0.6 is 22.6 Å². The van der Waals surface area contributed by atoms with Gasteiger partial charge in [0.1, 0.15) is 0 Å². The first-order valence-electron chi connectivity index (χ1n) is 7.06. The van der Waals surface area contributed by atoms with Crippen LogP contribution < -0.4 is 0 Å². The van der Waals surface area contributed by atoms with Crippen LogP contribution in [-0.4, -0.2) is 21.7 Å². The summed E-state index contributed by atoms with van der Waals surface area (Å²) in [7, 11) is 0. The molecule has 10 heteroatoms. The molecule has 0 aliphatic carbocycles. The highest BCUT2D eigenvalue weighted by Gasteiger charge is 2.27. The number of aliphatic imine (C=N–C) groups is 1. The van der Waals surface area contributed by atoms with Crippen molar-refractivity contribution in [3.63, 3.8) is 0 Å². The van der Waals surface area contributed by atoms with E-state index < -0.39 is 27.2 Å². The van der Waals surface area contributed by atoms with Crippen molar-refractivity contribution in [2.45, 2.75) is 0 Å². The van der Waals surface area contributed by atoms with Gasteiger partial charge in [0.05, 0.1) is 21.5 Å². The second kappa shape index (κ2) is 7.00. The zero-order valence-electron chi connectivity index (χ0n) is 12.8. The summed E-state index contributed by atoms with van der Waals surface area (Å²) in [5.41, 5.74) is -0.306. The molecule has 2 aromatic rings. The van der Waals surface area contributed by atoms with Crippen molar-refractivity contribution >= 4 is 51.9 Å². The number of ether oxygens (including phenoxy) is 1. The van der Waals surface area contributed by atoms with E-state index in [2.05, 4.69) is 27.6 Å². The van der Waals surface area contributed by atoms with E-state index in [4.69, 9.17) is 4.74 Å². The molecule has 3 rings (SSSR count). The van der Waals surface area contributed by atoms with Gasteiger partial charge in [-0.3, -0.25) is 20.2 Å². The number of rotatable bonds is 4. The minimum atomic E-state index is -0.768. The SMILES string of the molecule is O=C1OC(c2cc([N+](=O)[O-])cc([N+](=O)[O-])c2)=N/C1=C\c1ccc(I)cc1. The van der Waals surface area contributed by atoms with Crippen molar-refractivity contribution in [3.05, 3.63) is 83.1 Å². The summed E-state index contributed by atoms with van der Waals surface area (Å²) < 4.78 is 6.04. The number of benzene rings is 2. The number of nitro benzene ring substituents is 2. The minimum absolute atomic E-state index is 0.00429. The zero-order chi connectivity index (χ0) is 18.8. The van der Waals surface area contributed by atoms with Crippen LogP contribution in [0.5, 0.6) is 0 Å². The lowest BCUT2D eigenvalue weighted by Crippen LogP contribution is -2.06. The smallest absolute Gasteiger partial charge is 0.363 e. The highest BCUT2D eigenvalue weighted by molar-refractivity contribution is 14.1. The van der Waals surface area contributed by atoms with Gasteiger partial charge in [-0.2, -0.15) is 0 Å². The number of cyclic esters (lactones) is 1. The summed E-state index contributed by atoms with van der Waals surface area (Å²) in [6.45, 7) is 0. The van der Waals surface area contributed by atoms with E-state index in [1.54, 1.807) is 12.1 Å². The molecule has 9 nitrogen and oxygen atoms in total. The van der Waals surface area contributed by atoms with Crippen molar-refractivity contribution in [1.29, 1.82) is 0 Å². The topological polar surface area (TPSA) is 125 Å². The fourth-order valence-electron chi connectivity index (χ4n) is 2.18. The van der Waals surface area contributed by atoms with Gasteiger partial charge in [-0.15, -0.1) is 0 Å². The number of esters is 1. The van der Waals surface area contributed by atoms with Crippen LogP contribution in [0.2, 0.25) is 0 Å². The van der Waals surface area contributed by atoms with Crippen LogP contribution in [0.1, 0.15) is 11.1 Å². The molecular weight excluding hydrogens is 457 g/mol. The average molecular weight is 465 g/mol. The molecule has 0 N–H and O–H groups in total. The summed E-state index contributed by atoms with van der Waals surface area (Å²) in [6.07, 6.45) is 1.50. The Bertz CT molecular complexity index is 965. The molecule has 130 valence electrons. The van der Waals surface area contributed by atoms with Gasteiger partial charge >= 0.3 is 5.97 Å². The van der Waals surface area contributed by atoms with Crippen LogP contribution in [0.3, 0.4) is 0 Å². The summed E-state index contributed by atoms with van der Waals surface area (Å²) in [4.78, 5) is 36.4. The van der Waals surface area contributed by atoms with Crippen LogP contribution in [0, 0.1) is 23.8 Å². The highest BCUT2D eigenvalue weighted by atomic mass is 127. The van der Waals surface area contributed by atoms with Gasteiger partial charge in [0.15, 0.2) is 5.70 Å². The number of hydrogen-bond acceptors (Lipinski definition) is 7. The fourth-order valence-corrected chi connectivity index (χ4v) is 2.54. The van der Waals surface area contributed by atoms with Gasteiger partial charge in [0.25, 0.3) is 11.4 Å². The Balaban J connectivity index is 2.02. The third-order valence-corrected chi connectivity index (χ3v) is 4.08. The molecule has 1 aliphatic rings. The lowest BCUT2D eigenvalue weighted by Gasteiger charge is -2.00. The molecule has 0 fully saturated rings. The Morgan fingerprint density at radius 3 is 2.12 bits per heavy atom. The predicted molar refractivity (Wildman–Crippen MR) is 99.5 cm³/mol. The molecule has 0 saturated heterocycles. The standard InChI is InChI=1S/C16H8IN3O6/c17-11-3-1-9(2-4-11)5-14-16(21)26-15(18-14)10-6-12(19(22)23)8-13(7-10)20(24)25/h1-8H/b14-5-. The first-order chi connectivity index (χ1) is 12.3. The molecule has 1 heterocycles. The van der Waals surface area contributed by atoms with E-state index in [-0.39, 0.29) is 17.2 Å². The monoisotopic (exact) mass is 465 g/mol. The third kappa shape index (κ3) is 3.74. The molecule has 0 spiro atoms. The van der Waals surface area contributed by atoms with Gasteiger partial charge in [0.2, 0.25) is 5.90 Å². The van der Waals surface area contributed by atoms with Gasteiger partial charge in [-0.05, 0) is 46.4 Å². The van der Waals surface area contributed by atoms with Crippen molar-refractivity contribution < 1.29 is 19.4 Å². The lowest BCUT2D eigenvalue weighted by molar-refractivity contribution is -0.394. The van der Waals surface area contributed by atoms with E-state index >= 15 is 0 Å². The quantitative estimate of drug-likeness (QED) is 0.224.